The summed E-state index contributed by atoms with van der Waals surface area (Å²) in [5.41, 5.74) is 0.632. The van der Waals surface area contributed by atoms with E-state index >= 15 is 0 Å². The molecule has 2 fully saturated rings. The molecule has 1 aromatic heterocycles. The zero-order valence-corrected chi connectivity index (χ0v) is 26.9. The van der Waals surface area contributed by atoms with Crippen molar-refractivity contribution in [3.63, 3.8) is 0 Å². The topological polar surface area (TPSA) is 277 Å². The number of fused-ring (bicyclic) bond motifs is 1. The smallest absolute Gasteiger partial charge is 0.402 e. The minimum atomic E-state index is -1.90. The third kappa shape index (κ3) is 7.66. The Morgan fingerprint density at radius 3 is 2.15 bits per heavy atom. The first kappa shape index (κ1) is 36.5. The molecule has 2 aliphatic heterocycles. The van der Waals surface area contributed by atoms with Gasteiger partial charge in [0.05, 0.1) is 18.2 Å². The number of aliphatic hydroxyl groups is 5. The van der Waals surface area contributed by atoms with Crippen LogP contribution in [0.3, 0.4) is 0 Å². The number of rotatable bonds is 10. The predicted molar refractivity (Wildman–Crippen MR) is 175 cm³/mol. The quantitative estimate of drug-likeness (QED) is 0.0468. The number of carbonyl (C=O) groups is 1. The number of esters is 1. The van der Waals surface area contributed by atoms with Crippen LogP contribution in [0.5, 0.6) is 34.5 Å². The molecule has 0 saturated carbocycles. The van der Waals surface area contributed by atoms with Gasteiger partial charge in [0.25, 0.3) is 0 Å². The van der Waals surface area contributed by atoms with Gasteiger partial charge in [-0.1, -0.05) is 12.1 Å². The maximum atomic E-state index is 12.5. The van der Waals surface area contributed by atoms with Crippen molar-refractivity contribution in [2.75, 3.05) is 13.2 Å². The number of hydrogen-bond donors (Lipinski definition) is 10. The number of hydrogen-bond acceptors (Lipinski definition) is 16. The fraction of sp³-hybridized carbons (Fsp3) is 0.314. The van der Waals surface area contributed by atoms with Gasteiger partial charge in [0.15, 0.2) is 23.9 Å². The summed E-state index contributed by atoms with van der Waals surface area (Å²) in [6.07, 6.45) is -12.4. The Morgan fingerprint density at radius 1 is 0.750 bits per heavy atom. The van der Waals surface area contributed by atoms with Crippen LogP contribution in [0.2, 0.25) is 0 Å². The maximum Gasteiger partial charge on any atom is 0.402 e. The Labute approximate surface area is 293 Å². The first-order valence-corrected chi connectivity index (χ1v) is 15.8. The molecule has 276 valence electrons. The molecule has 10 N–H and O–H groups in total. The molecule has 17 heteroatoms. The molecule has 0 unspecified atom stereocenters. The molecule has 52 heavy (non-hydrogen) atoms. The first-order chi connectivity index (χ1) is 24.8. The van der Waals surface area contributed by atoms with E-state index in [-0.39, 0.29) is 39.5 Å². The lowest BCUT2D eigenvalue weighted by Crippen LogP contribution is -2.62. The van der Waals surface area contributed by atoms with E-state index in [0.717, 1.165) is 24.3 Å². The molecule has 6 rings (SSSR count). The molecule has 0 aliphatic carbocycles. The van der Waals surface area contributed by atoms with Crippen molar-refractivity contribution in [3.05, 3.63) is 72.3 Å². The van der Waals surface area contributed by atoms with Gasteiger partial charge in [0.2, 0.25) is 12.0 Å². The number of ether oxygens (including phenoxy) is 5. The normalized spacial score (nSPS) is 27.6. The molecular weight excluding hydrogens is 692 g/mol. The average molecular weight is 728 g/mol. The van der Waals surface area contributed by atoms with Crippen molar-refractivity contribution in [1.82, 2.24) is 0 Å². The van der Waals surface area contributed by atoms with Crippen LogP contribution in [0.25, 0.3) is 28.4 Å². The number of phenols is 5. The molecule has 0 bridgehead atoms. The molecule has 2 aliphatic rings. The van der Waals surface area contributed by atoms with Gasteiger partial charge in [0.1, 0.15) is 65.9 Å². The van der Waals surface area contributed by atoms with Crippen LogP contribution in [-0.2, 0) is 23.7 Å². The molecule has 3 aromatic carbocycles. The van der Waals surface area contributed by atoms with Crippen LogP contribution >= 0.6 is 0 Å². The van der Waals surface area contributed by atoms with Crippen molar-refractivity contribution in [2.24, 2.45) is 0 Å². The van der Waals surface area contributed by atoms with E-state index < -0.39 is 91.7 Å². The van der Waals surface area contributed by atoms with Crippen LogP contribution in [0, 0.1) is 0 Å². The number of carbonyl (C=O) groups excluding carboxylic acids is 1. The van der Waals surface area contributed by atoms with Gasteiger partial charge in [-0.05, 0) is 35.9 Å². The standard InChI is InChI=1S/C35H34O17/c36-13-25-28(43)31(46)34(50-25)52-33-30(45)29(44)26(14-47-27(42)8-3-15-1-5-17(37)6-2-15)51-35(33)49-24-12-19-21(40)10-18(38)11-23(19)48-32(24)16-4-7-20(39)22(41)9-16/h1-12,25-26,28-31,33-36,43-46H,13-14H2,(H4-,37,38,39,40,41,42)/p+1/t25-,26-,28+,29-,30+,31-,33-,34+,35-/m1/s1. The number of phenolic OH excluding ortho intramolecular Hbond substituents is 5. The monoisotopic (exact) mass is 727 g/mol. The summed E-state index contributed by atoms with van der Waals surface area (Å²) in [7, 11) is 0. The molecular formula is C35H35O17+. The van der Waals surface area contributed by atoms with E-state index in [1.165, 1.54) is 36.4 Å². The molecule has 17 nitrogen and oxygen atoms in total. The summed E-state index contributed by atoms with van der Waals surface area (Å²) in [6.45, 7) is -1.32. The molecule has 0 amide bonds. The summed E-state index contributed by atoms with van der Waals surface area (Å²) < 4.78 is 34.5. The molecule has 3 heterocycles. The second-order valence-electron chi connectivity index (χ2n) is 12.0. The fourth-order valence-electron chi connectivity index (χ4n) is 5.64. The number of benzene rings is 3. The number of aromatic hydroxyl groups is 5. The van der Waals surface area contributed by atoms with Crippen molar-refractivity contribution < 1.29 is 84.0 Å². The van der Waals surface area contributed by atoms with Gasteiger partial charge in [-0.3, -0.25) is 0 Å². The zero-order valence-electron chi connectivity index (χ0n) is 26.9. The average Bonchev–Trinajstić information content (AvgIpc) is 3.39. The Bertz CT molecular complexity index is 1930. The maximum absolute atomic E-state index is 12.5. The van der Waals surface area contributed by atoms with Crippen molar-refractivity contribution in [3.8, 4) is 45.8 Å². The molecule has 0 spiro atoms. The lowest BCUT2D eigenvalue weighted by molar-refractivity contribution is -0.321. The van der Waals surface area contributed by atoms with Crippen LogP contribution in [0.1, 0.15) is 5.56 Å². The highest BCUT2D eigenvalue weighted by Crippen LogP contribution is 2.42. The molecule has 4 aromatic rings. The van der Waals surface area contributed by atoms with Gasteiger partial charge in [-0.15, -0.1) is 0 Å². The Morgan fingerprint density at radius 2 is 1.46 bits per heavy atom. The third-order valence-corrected chi connectivity index (χ3v) is 8.43. The van der Waals surface area contributed by atoms with Gasteiger partial charge in [-0.2, -0.15) is 0 Å². The van der Waals surface area contributed by atoms with E-state index in [1.807, 2.05) is 0 Å². The third-order valence-electron chi connectivity index (χ3n) is 8.43. The van der Waals surface area contributed by atoms with E-state index in [1.54, 1.807) is 12.1 Å². The highest BCUT2D eigenvalue weighted by Gasteiger charge is 2.52. The lowest BCUT2D eigenvalue weighted by Gasteiger charge is -2.42. The fourth-order valence-corrected chi connectivity index (χ4v) is 5.64. The summed E-state index contributed by atoms with van der Waals surface area (Å²) >= 11 is 0. The van der Waals surface area contributed by atoms with Crippen LogP contribution in [-0.4, -0.2) is 126 Å². The van der Waals surface area contributed by atoms with Crippen molar-refractivity contribution in [2.45, 2.75) is 55.3 Å². The molecule has 9 atom stereocenters. The summed E-state index contributed by atoms with van der Waals surface area (Å²) in [4.78, 5) is 12.5. The Hall–Kier alpha value is -5.24. The predicted octanol–water partition coefficient (Wildman–Crippen LogP) is 0.815. The van der Waals surface area contributed by atoms with Crippen molar-refractivity contribution >= 4 is 23.0 Å². The van der Waals surface area contributed by atoms with Gasteiger partial charge >= 0.3 is 17.3 Å². The van der Waals surface area contributed by atoms with Crippen molar-refractivity contribution in [1.29, 1.82) is 0 Å². The second kappa shape index (κ2) is 15.2. The zero-order chi connectivity index (χ0) is 37.3. The minimum absolute atomic E-state index is 0.0164. The largest absolute Gasteiger partial charge is 0.508 e. The summed E-state index contributed by atoms with van der Waals surface area (Å²) in [5.74, 6) is -3.03. The van der Waals surface area contributed by atoms with Gasteiger partial charge in [-0.25, -0.2) is 9.21 Å². The first-order valence-electron chi connectivity index (χ1n) is 15.8. The van der Waals surface area contributed by atoms with Gasteiger partial charge < -0.3 is 74.7 Å². The highest BCUT2D eigenvalue weighted by atomic mass is 16.8. The molecule has 0 radical (unpaired) electrons. The van der Waals surface area contributed by atoms with E-state index in [0.29, 0.717) is 5.56 Å². The SMILES string of the molecule is O=C(/C=C/c1ccc(O)cc1)OC[C@H]1O[C@@H](Oc2cc3c(O)cc(O)cc3[o+]c2-c2ccc(O)c(O)c2)[C@H](O[C@@H]2O[C@H](CO)[C@H](O)[C@H]2O)[C@@H](O)[C@@H]1O. The van der Waals surface area contributed by atoms with Gasteiger partial charge in [0, 0.05) is 24.3 Å². The highest BCUT2D eigenvalue weighted by molar-refractivity contribution is 5.89. The van der Waals surface area contributed by atoms with Crippen LogP contribution in [0.4, 0.5) is 0 Å². The van der Waals surface area contributed by atoms with E-state index in [4.69, 9.17) is 28.1 Å². The number of aliphatic hydroxyl groups excluding tert-OH is 5. The minimum Gasteiger partial charge on any atom is -0.508 e. The second-order valence-corrected chi connectivity index (χ2v) is 12.0. The van der Waals surface area contributed by atoms with Crippen LogP contribution in [0.15, 0.2) is 71.2 Å². The molecule has 2 saturated heterocycles. The Balaban J connectivity index is 1.33. The van der Waals surface area contributed by atoms with E-state index in [9.17, 15) is 55.9 Å². The lowest BCUT2D eigenvalue weighted by atomic mass is 9.98. The van der Waals surface area contributed by atoms with E-state index in [2.05, 4.69) is 0 Å². The summed E-state index contributed by atoms with van der Waals surface area (Å²) in [5, 5.41) is 103. The summed E-state index contributed by atoms with van der Waals surface area (Å²) in [6, 6.07) is 13.0. The Kier molecular flexibility index (Phi) is 10.7. The van der Waals surface area contributed by atoms with Crippen LogP contribution < -0.4 is 4.74 Å².